The van der Waals surface area contributed by atoms with Crippen LogP contribution < -0.4 is 19.9 Å². The number of unbranched alkanes of at least 4 members (excludes halogenated alkanes) is 1. The Labute approximate surface area is 253 Å². The van der Waals surface area contributed by atoms with E-state index in [4.69, 9.17) is 28.6 Å². The van der Waals surface area contributed by atoms with Gasteiger partial charge in [-0.05, 0) is 84.9 Å². The molecule has 4 aromatic rings. The van der Waals surface area contributed by atoms with Crippen LogP contribution in [0.15, 0.2) is 85.2 Å². The van der Waals surface area contributed by atoms with Gasteiger partial charge >= 0.3 is 0 Å². The monoisotopic (exact) mass is 605 g/mol. The Morgan fingerprint density at radius 1 is 1.05 bits per heavy atom. The highest BCUT2D eigenvalue weighted by molar-refractivity contribution is 7.81. The molecule has 1 aromatic heterocycles. The molecule has 3 aromatic carbocycles. The summed E-state index contributed by atoms with van der Waals surface area (Å²) in [6.45, 7) is 3.12. The molecule has 2 heterocycles. The summed E-state index contributed by atoms with van der Waals surface area (Å²) in [4.78, 5) is 30.0. The first kappa shape index (κ1) is 29.2. The molecule has 8 nitrogen and oxygen atoms in total. The lowest BCUT2D eigenvalue weighted by Gasteiger charge is -2.22. The molecule has 0 spiro atoms. The first-order valence-electron chi connectivity index (χ1n) is 13.5. The Hall–Kier alpha value is -4.28. The number of nitrogens with one attached hydrogen (secondary N) is 1. The number of anilines is 3. The fourth-order valence-corrected chi connectivity index (χ4v) is 5.14. The summed E-state index contributed by atoms with van der Waals surface area (Å²) in [5.41, 5.74) is 2.54. The second-order valence-electron chi connectivity index (χ2n) is 9.82. The molecule has 11 heteroatoms. The van der Waals surface area contributed by atoms with E-state index < -0.39 is 6.04 Å². The van der Waals surface area contributed by atoms with E-state index in [1.54, 1.807) is 82.6 Å². The topological polar surface area (TPSA) is 79.7 Å². The third-order valence-electron chi connectivity index (χ3n) is 6.74. The number of hydrogen-bond acceptors (Lipinski definition) is 5. The Bertz CT molecular complexity index is 1560. The van der Waals surface area contributed by atoms with Gasteiger partial charge in [-0.3, -0.25) is 19.2 Å². The SMILES string of the molecule is CCCCOc1ccc(NC(=O)C[C@@H]2C(=O)N(c3ccc(Cl)cc3)C(=S)N2c2cnn(Cc3ccc(F)cc3)c2)cc1. The van der Waals surface area contributed by atoms with Crippen molar-refractivity contribution in [2.24, 2.45) is 0 Å². The summed E-state index contributed by atoms with van der Waals surface area (Å²) in [5.74, 6) is -0.290. The summed E-state index contributed by atoms with van der Waals surface area (Å²) in [7, 11) is 0. The Morgan fingerprint density at radius 2 is 1.76 bits per heavy atom. The van der Waals surface area contributed by atoms with Crippen molar-refractivity contribution in [1.82, 2.24) is 9.78 Å². The number of rotatable bonds is 11. The summed E-state index contributed by atoms with van der Waals surface area (Å²) in [5, 5.41) is 8.04. The van der Waals surface area contributed by atoms with Crippen LogP contribution in [-0.4, -0.2) is 39.4 Å². The molecule has 0 bridgehead atoms. The number of benzene rings is 3. The van der Waals surface area contributed by atoms with Crippen LogP contribution in [0.1, 0.15) is 31.7 Å². The van der Waals surface area contributed by atoms with E-state index in [9.17, 15) is 14.0 Å². The second kappa shape index (κ2) is 13.1. The van der Waals surface area contributed by atoms with E-state index in [2.05, 4.69) is 17.3 Å². The number of thiocarbonyl (C=S) groups is 1. The van der Waals surface area contributed by atoms with Gasteiger partial charge in [-0.25, -0.2) is 4.39 Å². The Kier molecular flexibility index (Phi) is 9.14. The zero-order chi connectivity index (χ0) is 29.6. The molecular weight excluding hydrogens is 577 g/mol. The molecule has 0 aliphatic carbocycles. The van der Waals surface area contributed by atoms with Gasteiger partial charge in [0.05, 0.1) is 37.1 Å². The normalized spacial score (nSPS) is 14.9. The van der Waals surface area contributed by atoms with Crippen LogP contribution >= 0.6 is 23.8 Å². The van der Waals surface area contributed by atoms with Crippen molar-refractivity contribution >= 4 is 57.8 Å². The van der Waals surface area contributed by atoms with Crippen LogP contribution in [0.4, 0.5) is 21.5 Å². The minimum atomic E-state index is -0.909. The van der Waals surface area contributed by atoms with E-state index >= 15 is 0 Å². The van der Waals surface area contributed by atoms with E-state index in [-0.39, 0.29) is 29.2 Å². The number of carbonyl (C=O) groups excluding carboxylic acids is 2. The quantitative estimate of drug-likeness (QED) is 0.157. The number of nitrogens with zero attached hydrogens (tertiary/aromatic N) is 4. The molecule has 2 amide bonds. The summed E-state index contributed by atoms with van der Waals surface area (Å²) < 4.78 is 20.7. The second-order valence-corrected chi connectivity index (χ2v) is 10.6. The average molecular weight is 606 g/mol. The van der Waals surface area contributed by atoms with E-state index in [0.717, 1.165) is 24.2 Å². The molecule has 1 fully saturated rings. The highest BCUT2D eigenvalue weighted by Gasteiger charge is 2.45. The van der Waals surface area contributed by atoms with Crippen LogP contribution in [0.25, 0.3) is 0 Å². The van der Waals surface area contributed by atoms with Crippen LogP contribution in [0.5, 0.6) is 5.75 Å². The predicted molar refractivity (Wildman–Crippen MR) is 166 cm³/mol. The van der Waals surface area contributed by atoms with E-state index in [0.29, 0.717) is 35.2 Å². The molecular formula is C31H29ClFN5O3S. The number of halogens is 2. The zero-order valence-electron chi connectivity index (χ0n) is 22.9. The minimum Gasteiger partial charge on any atom is -0.494 e. The van der Waals surface area contributed by atoms with E-state index in [1.807, 2.05) is 0 Å². The molecule has 42 heavy (non-hydrogen) atoms. The molecule has 5 rings (SSSR count). The molecule has 1 atom stereocenters. The number of ether oxygens (including phenoxy) is 1. The molecule has 0 unspecified atom stereocenters. The van der Waals surface area contributed by atoms with Gasteiger partial charge in [-0.15, -0.1) is 0 Å². The number of carbonyl (C=O) groups is 2. The molecule has 0 radical (unpaired) electrons. The number of amides is 2. The fourth-order valence-electron chi connectivity index (χ4n) is 4.59. The van der Waals surface area contributed by atoms with Gasteiger partial charge in [-0.2, -0.15) is 5.10 Å². The van der Waals surface area contributed by atoms with Gasteiger partial charge in [0, 0.05) is 16.9 Å². The predicted octanol–water partition coefficient (Wildman–Crippen LogP) is 6.44. The van der Waals surface area contributed by atoms with Crippen molar-refractivity contribution in [2.75, 3.05) is 21.7 Å². The van der Waals surface area contributed by atoms with Crippen molar-refractivity contribution in [3.05, 3.63) is 102 Å². The summed E-state index contributed by atoms with van der Waals surface area (Å²) >= 11 is 11.9. The highest BCUT2D eigenvalue weighted by Crippen LogP contribution is 2.32. The molecule has 0 saturated carbocycles. The fraction of sp³-hybridized carbons (Fsp3) is 0.226. The summed E-state index contributed by atoms with van der Waals surface area (Å²) in [6, 6.07) is 19.1. The van der Waals surface area contributed by atoms with Crippen molar-refractivity contribution in [2.45, 2.75) is 38.8 Å². The van der Waals surface area contributed by atoms with Crippen molar-refractivity contribution in [3.63, 3.8) is 0 Å². The van der Waals surface area contributed by atoms with Crippen molar-refractivity contribution in [1.29, 1.82) is 0 Å². The maximum Gasteiger partial charge on any atom is 0.257 e. The maximum atomic E-state index is 13.8. The van der Waals surface area contributed by atoms with Crippen LogP contribution in [0, 0.1) is 5.82 Å². The van der Waals surface area contributed by atoms with Gasteiger partial charge in [0.2, 0.25) is 5.91 Å². The number of aromatic nitrogens is 2. The third kappa shape index (κ3) is 6.78. The average Bonchev–Trinajstić information content (AvgIpc) is 3.52. The van der Waals surface area contributed by atoms with Crippen LogP contribution in [0.2, 0.25) is 5.02 Å². The Balaban J connectivity index is 1.36. The summed E-state index contributed by atoms with van der Waals surface area (Å²) in [6.07, 6.45) is 5.19. The molecule has 1 aliphatic rings. The van der Waals surface area contributed by atoms with Crippen molar-refractivity contribution in [3.8, 4) is 5.75 Å². The smallest absolute Gasteiger partial charge is 0.257 e. The van der Waals surface area contributed by atoms with Gasteiger partial charge in [0.25, 0.3) is 5.91 Å². The lowest BCUT2D eigenvalue weighted by Crippen LogP contribution is -2.37. The van der Waals surface area contributed by atoms with Gasteiger partial charge in [0.1, 0.15) is 17.6 Å². The third-order valence-corrected chi connectivity index (χ3v) is 7.37. The van der Waals surface area contributed by atoms with Crippen molar-refractivity contribution < 1.29 is 18.7 Å². The molecule has 1 saturated heterocycles. The standard InChI is InChI=1S/C31H29ClFN5O3S/c1-2-3-16-41-27-14-10-24(11-15-27)35-29(39)17-28-30(40)38(25-12-6-22(32)7-13-25)31(42)37(28)26-18-34-36(20-26)19-21-4-8-23(33)9-5-21/h4-15,18,20,28H,2-3,16-17,19H2,1H3,(H,35,39)/t28-/m1/s1. The van der Waals surface area contributed by atoms with Crippen LogP contribution in [0.3, 0.4) is 0 Å². The maximum absolute atomic E-state index is 13.8. The van der Waals surface area contributed by atoms with Gasteiger partial charge in [0.15, 0.2) is 5.11 Å². The lowest BCUT2D eigenvalue weighted by molar-refractivity contribution is -0.122. The zero-order valence-corrected chi connectivity index (χ0v) is 24.4. The lowest BCUT2D eigenvalue weighted by atomic mass is 10.1. The first-order chi connectivity index (χ1) is 20.3. The molecule has 1 N–H and O–H groups in total. The largest absolute Gasteiger partial charge is 0.494 e. The molecule has 216 valence electrons. The Morgan fingerprint density at radius 3 is 2.45 bits per heavy atom. The molecule has 1 aliphatic heterocycles. The minimum absolute atomic E-state index is 0.152. The highest BCUT2D eigenvalue weighted by atomic mass is 35.5. The van der Waals surface area contributed by atoms with Gasteiger partial charge < -0.3 is 15.0 Å². The first-order valence-corrected chi connectivity index (χ1v) is 14.3. The van der Waals surface area contributed by atoms with Crippen LogP contribution in [-0.2, 0) is 16.1 Å². The number of hydrogen-bond donors (Lipinski definition) is 1. The van der Waals surface area contributed by atoms with E-state index in [1.165, 1.54) is 17.0 Å². The van der Waals surface area contributed by atoms with Gasteiger partial charge in [-0.1, -0.05) is 37.1 Å².